The predicted molar refractivity (Wildman–Crippen MR) is 123 cm³/mol. The number of rotatable bonds is 6. The summed E-state index contributed by atoms with van der Waals surface area (Å²) in [7, 11) is -4.24. The van der Waals surface area contributed by atoms with Gasteiger partial charge in [0.05, 0.1) is 22.1 Å². The van der Waals surface area contributed by atoms with Gasteiger partial charge in [0, 0.05) is 22.2 Å². The van der Waals surface area contributed by atoms with Crippen LogP contribution >= 0.6 is 11.6 Å². The highest BCUT2D eigenvalue weighted by Crippen LogP contribution is 2.38. The van der Waals surface area contributed by atoms with Crippen molar-refractivity contribution in [3.05, 3.63) is 75.0 Å². The van der Waals surface area contributed by atoms with E-state index in [4.69, 9.17) is 20.8 Å². The number of carbonyl (C=O) groups excluding carboxylic acids is 1. The van der Waals surface area contributed by atoms with Crippen LogP contribution in [-0.2, 0) is 14.8 Å². The van der Waals surface area contributed by atoms with Gasteiger partial charge >= 0.3 is 5.97 Å². The molecular weight excluding hydrogens is 472 g/mol. The number of nitro benzene ring substituents is 1. The summed E-state index contributed by atoms with van der Waals surface area (Å²) in [5.74, 6) is -0.256. The van der Waals surface area contributed by atoms with E-state index in [1.54, 1.807) is 38.1 Å². The molecule has 4 rings (SSSR count). The Labute approximate surface area is 193 Å². The summed E-state index contributed by atoms with van der Waals surface area (Å²) in [6.07, 6.45) is 0. The van der Waals surface area contributed by atoms with Gasteiger partial charge in [0.25, 0.3) is 15.7 Å². The first-order chi connectivity index (χ1) is 15.6. The van der Waals surface area contributed by atoms with Crippen LogP contribution in [0.4, 0.5) is 11.4 Å². The number of furan rings is 1. The van der Waals surface area contributed by atoms with Crippen LogP contribution in [0.15, 0.2) is 57.8 Å². The van der Waals surface area contributed by atoms with Gasteiger partial charge in [-0.1, -0.05) is 35.9 Å². The van der Waals surface area contributed by atoms with Gasteiger partial charge in [-0.25, -0.2) is 13.2 Å². The smallest absolute Gasteiger partial charge is 0.342 e. The molecule has 0 radical (unpaired) electrons. The van der Waals surface area contributed by atoms with Crippen molar-refractivity contribution in [1.29, 1.82) is 0 Å². The van der Waals surface area contributed by atoms with E-state index < -0.39 is 26.6 Å². The van der Waals surface area contributed by atoms with Crippen molar-refractivity contribution in [2.24, 2.45) is 0 Å². The highest BCUT2D eigenvalue weighted by Gasteiger charge is 2.25. The van der Waals surface area contributed by atoms with Gasteiger partial charge in [-0.15, -0.1) is 0 Å². The number of hydrogen-bond acceptors (Lipinski definition) is 7. The Morgan fingerprint density at radius 2 is 1.85 bits per heavy atom. The maximum atomic E-state index is 13.1. The lowest BCUT2D eigenvalue weighted by Gasteiger charge is -2.12. The van der Waals surface area contributed by atoms with E-state index in [0.717, 1.165) is 12.1 Å². The molecule has 0 saturated heterocycles. The first kappa shape index (κ1) is 22.6. The Hall–Kier alpha value is -3.63. The predicted octanol–water partition coefficient (Wildman–Crippen LogP) is 5.43. The summed E-state index contributed by atoms with van der Waals surface area (Å²) in [6.45, 7) is 3.46. The SMILES string of the molecule is CCOC(=O)c1c(C)oc2c1cc(NS(=O)(=O)c1ccc(Cl)c([N+](=O)[O-])c1)c1ccccc12. The molecule has 0 amide bonds. The molecule has 0 saturated carbocycles. The van der Waals surface area contributed by atoms with Crippen LogP contribution in [0.25, 0.3) is 21.7 Å². The molecule has 4 aromatic rings. The zero-order valence-corrected chi connectivity index (χ0v) is 19.0. The summed E-state index contributed by atoms with van der Waals surface area (Å²) in [4.78, 5) is 22.6. The number of benzene rings is 3. The third-order valence-electron chi connectivity index (χ3n) is 5.02. The molecule has 170 valence electrons. The number of esters is 1. The molecule has 1 aromatic heterocycles. The third-order valence-corrected chi connectivity index (χ3v) is 6.70. The van der Waals surface area contributed by atoms with Crippen molar-refractivity contribution in [2.45, 2.75) is 18.7 Å². The van der Waals surface area contributed by atoms with E-state index in [9.17, 15) is 23.3 Å². The Morgan fingerprint density at radius 3 is 2.52 bits per heavy atom. The maximum Gasteiger partial charge on any atom is 0.342 e. The number of nitrogens with one attached hydrogen (secondary N) is 1. The van der Waals surface area contributed by atoms with Gasteiger partial charge in [0.2, 0.25) is 0 Å². The molecular formula is C22H17ClN2O7S. The third kappa shape index (κ3) is 3.98. The quantitative estimate of drug-likeness (QED) is 0.217. The fourth-order valence-corrected chi connectivity index (χ4v) is 4.86. The molecule has 9 nitrogen and oxygen atoms in total. The number of nitrogens with zero attached hydrogens (tertiary/aromatic N) is 1. The molecule has 3 aromatic carbocycles. The highest BCUT2D eigenvalue weighted by molar-refractivity contribution is 7.92. The van der Waals surface area contributed by atoms with Crippen LogP contribution in [0.5, 0.6) is 0 Å². The topological polar surface area (TPSA) is 129 Å². The molecule has 1 N–H and O–H groups in total. The number of anilines is 1. The molecule has 0 bridgehead atoms. The van der Waals surface area contributed by atoms with Gasteiger partial charge in [0.15, 0.2) is 0 Å². The number of hydrogen-bond donors (Lipinski definition) is 1. The first-order valence-corrected chi connectivity index (χ1v) is 11.6. The van der Waals surface area contributed by atoms with Crippen molar-refractivity contribution >= 4 is 60.7 Å². The van der Waals surface area contributed by atoms with Gasteiger partial charge < -0.3 is 9.15 Å². The van der Waals surface area contributed by atoms with Crippen LogP contribution in [0.1, 0.15) is 23.0 Å². The van der Waals surface area contributed by atoms with E-state index in [-0.39, 0.29) is 27.8 Å². The van der Waals surface area contributed by atoms with E-state index in [1.165, 1.54) is 12.1 Å². The molecule has 0 fully saturated rings. The Kier molecular flexibility index (Phi) is 5.73. The summed E-state index contributed by atoms with van der Waals surface area (Å²) in [5, 5.41) is 12.5. The zero-order chi connectivity index (χ0) is 23.9. The molecule has 33 heavy (non-hydrogen) atoms. The minimum Gasteiger partial charge on any atom is -0.462 e. The fraction of sp³-hybridized carbons (Fsp3) is 0.136. The number of aryl methyl sites for hydroxylation is 1. The number of carbonyl (C=O) groups is 1. The fourth-order valence-electron chi connectivity index (χ4n) is 3.58. The summed E-state index contributed by atoms with van der Waals surface area (Å²) >= 11 is 5.81. The van der Waals surface area contributed by atoms with Crippen molar-refractivity contribution < 1.29 is 27.3 Å². The summed E-state index contributed by atoms with van der Waals surface area (Å²) in [5.41, 5.74) is 0.244. The Bertz CT molecular complexity index is 1540. The minimum absolute atomic E-state index is 0.160. The van der Waals surface area contributed by atoms with Crippen molar-refractivity contribution in [2.75, 3.05) is 11.3 Å². The van der Waals surface area contributed by atoms with Gasteiger partial charge in [-0.05, 0) is 32.0 Å². The largest absolute Gasteiger partial charge is 0.462 e. The number of sulfonamides is 1. The zero-order valence-electron chi connectivity index (χ0n) is 17.4. The Morgan fingerprint density at radius 1 is 1.15 bits per heavy atom. The molecule has 0 aliphatic heterocycles. The molecule has 0 spiro atoms. The van der Waals surface area contributed by atoms with Gasteiger partial charge in [-0.2, -0.15) is 0 Å². The number of nitro groups is 1. The van der Waals surface area contributed by atoms with Crippen LogP contribution in [-0.4, -0.2) is 25.9 Å². The first-order valence-electron chi connectivity index (χ1n) is 9.72. The number of fused-ring (bicyclic) bond motifs is 3. The van der Waals surface area contributed by atoms with Crippen LogP contribution in [0.2, 0.25) is 5.02 Å². The lowest BCUT2D eigenvalue weighted by Crippen LogP contribution is -2.13. The van der Waals surface area contributed by atoms with Gasteiger partial charge in [0.1, 0.15) is 21.9 Å². The highest BCUT2D eigenvalue weighted by atomic mass is 35.5. The molecule has 1 heterocycles. The second-order valence-electron chi connectivity index (χ2n) is 7.08. The van der Waals surface area contributed by atoms with E-state index in [2.05, 4.69) is 4.72 Å². The monoisotopic (exact) mass is 488 g/mol. The number of ether oxygens (including phenoxy) is 1. The number of halogens is 1. The van der Waals surface area contributed by atoms with Crippen LogP contribution < -0.4 is 4.72 Å². The summed E-state index contributed by atoms with van der Waals surface area (Å²) < 4.78 is 39.6. The van der Waals surface area contributed by atoms with E-state index in [0.29, 0.717) is 27.5 Å². The average molecular weight is 489 g/mol. The van der Waals surface area contributed by atoms with Crippen molar-refractivity contribution in [3.63, 3.8) is 0 Å². The standard InChI is InChI=1S/C22H17ClN2O7S/c1-3-31-22(26)20-12(2)32-21-15-7-5-4-6-14(15)18(11-16(20)21)24-33(29,30)13-8-9-17(23)19(10-13)25(27)28/h4-11,24H,3H2,1-2H3. The van der Waals surface area contributed by atoms with E-state index in [1.807, 2.05) is 0 Å². The molecule has 0 aliphatic rings. The van der Waals surface area contributed by atoms with Gasteiger partial charge in [-0.3, -0.25) is 14.8 Å². The van der Waals surface area contributed by atoms with Crippen molar-refractivity contribution in [1.82, 2.24) is 0 Å². The Balaban J connectivity index is 1.92. The van der Waals surface area contributed by atoms with Crippen LogP contribution in [0, 0.1) is 17.0 Å². The van der Waals surface area contributed by atoms with E-state index >= 15 is 0 Å². The van der Waals surface area contributed by atoms with Crippen LogP contribution in [0.3, 0.4) is 0 Å². The molecule has 0 unspecified atom stereocenters. The minimum atomic E-state index is -4.24. The second-order valence-corrected chi connectivity index (χ2v) is 9.17. The maximum absolute atomic E-state index is 13.1. The molecule has 11 heteroatoms. The van der Waals surface area contributed by atoms with Crippen molar-refractivity contribution in [3.8, 4) is 0 Å². The average Bonchev–Trinajstić information content (AvgIpc) is 3.09. The summed E-state index contributed by atoms with van der Waals surface area (Å²) in [6, 6.07) is 11.6. The second kappa shape index (κ2) is 8.38. The normalized spacial score (nSPS) is 11.6. The lowest BCUT2D eigenvalue weighted by atomic mass is 10.0. The molecule has 0 atom stereocenters. The lowest BCUT2D eigenvalue weighted by molar-refractivity contribution is -0.384. The molecule has 0 aliphatic carbocycles.